The number of methoxy groups -OCH3 is 1. The van der Waals surface area contributed by atoms with Crippen LogP contribution in [0.2, 0.25) is 0 Å². The fourth-order valence-electron chi connectivity index (χ4n) is 1.71. The van der Waals surface area contributed by atoms with Crippen LogP contribution in [0.1, 0.15) is 24.9 Å². The van der Waals surface area contributed by atoms with E-state index >= 15 is 0 Å². The van der Waals surface area contributed by atoms with Gasteiger partial charge < -0.3 is 19.5 Å². The molecule has 4 nitrogen and oxygen atoms in total. The van der Waals surface area contributed by atoms with E-state index in [2.05, 4.69) is 24.4 Å². The van der Waals surface area contributed by atoms with Crippen molar-refractivity contribution in [1.82, 2.24) is 5.32 Å². The molecule has 19 heavy (non-hydrogen) atoms. The first-order chi connectivity index (χ1) is 9.31. The third-order valence-electron chi connectivity index (χ3n) is 2.82. The van der Waals surface area contributed by atoms with Crippen LogP contribution in [0, 0.1) is 0 Å². The molecule has 0 saturated carbocycles. The standard InChI is InChI=1S/C15H25NO3/c1-4-9-19-14-7-5-13(6-8-14)15(16-2)12-18-11-10-17-3/h5-8,15-16H,4,9-12H2,1-3H3. The molecule has 0 aromatic heterocycles. The molecule has 0 amide bonds. The molecular weight excluding hydrogens is 242 g/mol. The molecule has 0 aliphatic carbocycles. The zero-order chi connectivity index (χ0) is 13.9. The van der Waals surface area contributed by atoms with Gasteiger partial charge in [0.05, 0.1) is 32.5 Å². The van der Waals surface area contributed by atoms with E-state index in [1.54, 1.807) is 7.11 Å². The Hall–Kier alpha value is -1.10. The molecule has 1 aromatic carbocycles. The number of benzene rings is 1. The average Bonchev–Trinajstić information content (AvgIpc) is 2.46. The lowest BCUT2D eigenvalue weighted by atomic mass is 10.1. The van der Waals surface area contributed by atoms with Crippen molar-refractivity contribution in [2.75, 3.05) is 40.6 Å². The smallest absolute Gasteiger partial charge is 0.119 e. The van der Waals surface area contributed by atoms with Crippen LogP contribution >= 0.6 is 0 Å². The largest absolute Gasteiger partial charge is 0.494 e. The normalized spacial score (nSPS) is 12.4. The number of likely N-dealkylation sites (N-methyl/N-ethyl adjacent to an activating group) is 1. The summed E-state index contributed by atoms with van der Waals surface area (Å²) < 4.78 is 16.1. The van der Waals surface area contributed by atoms with Crippen LogP contribution in [0.5, 0.6) is 5.75 Å². The molecule has 4 heteroatoms. The van der Waals surface area contributed by atoms with E-state index in [9.17, 15) is 0 Å². The van der Waals surface area contributed by atoms with Crippen molar-refractivity contribution < 1.29 is 14.2 Å². The third kappa shape index (κ3) is 6.05. The van der Waals surface area contributed by atoms with Gasteiger partial charge in [0.1, 0.15) is 5.75 Å². The summed E-state index contributed by atoms with van der Waals surface area (Å²) in [5.41, 5.74) is 1.20. The minimum atomic E-state index is 0.192. The van der Waals surface area contributed by atoms with E-state index in [1.165, 1.54) is 5.56 Å². The van der Waals surface area contributed by atoms with Crippen molar-refractivity contribution in [3.8, 4) is 5.75 Å². The molecular formula is C15H25NO3. The van der Waals surface area contributed by atoms with E-state index in [0.717, 1.165) is 18.8 Å². The second kappa shape index (κ2) is 9.78. The molecule has 1 atom stereocenters. The Kier molecular flexibility index (Phi) is 8.21. The zero-order valence-corrected chi connectivity index (χ0v) is 12.1. The van der Waals surface area contributed by atoms with Crippen molar-refractivity contribution in [3.05, 3.63) is 29.8 Å². The Morgan fingerprint density at radius 3 is 2.42 bits per heavy atom. The molecule has 0 fully saturated rings. The van der Waals surface area contributed by atoms with Gasteiger partial charge in [-0.15, -0.1) is 0 Å². The molecule has 1 N–H and O–H groups in total. The molecule has 1 unspecified atom stereocenters. The predicted molar refractivity (Wildman–Crippen MR) is 76.7 cm³/mol. The van der Waals surface area contributed by atoms with Gasteiger partial charge in [-0.2, -0.15) is 0 Å². The van der Waals surface area contributed by atoms with Crippen molar-refractivity contribution in [1.29, 1.82) is 0 Å². The molecule has 0 heterocycles. The number of hydrogen-bond acceptors (Lipinski definition) is 4. The average molecular weight is 267 g/mol. The second-order valence-corrected chi connectivity index (χ2v) is 4.33. The second-order valence-electron chi connectivity index (χ2n) is 4.33. The molecule has 0 aliphatic heterocycles. The highest BCUT2D eigenvalue weighted by Gasteiger charge is 2.09. The van der Waals surface area contributed by atoms with Gasteiger partial charge in [-0.3, -0.25) is 0 Å². The summed E-state index contributed by atoms with van der Waals surface area (Å²) in [6.45, 7) is 4.74. The minimum absolute atomic E-state index is 0.192. The van der Waals surface area contributed by atoms with Crippen LogP contribution in [-0.2, 0) is 9.47 Å². The minimum Gasteiger partial charge on any atom is -0.494 e. The number of ether oxygens (including phenoxy) is 3. The Labute approximate surface area is 116 Å². The number of nitrogens with one attached hydrogen (secondary N) is 1. The van der Waals surface area contributed by atoms with Gasteiger partial charge >= 0.3 is 0 Å². The summed E-state index contributed by atoms with van der Waals surface area (Å²) in [5, 5.41) is 3.25. The van der Waals surface area contributed by atoms with E-state index in [-0.39, 0.29) is 6.04 Å². The maximum Gasteiger partial charge on any atom is 0.119 e. The zero-order valence-electron chi connectivity index (χ0n) is 12.1. The van der Waals surface area contributed by atoms with E-state index in [4.69, 9.17) is 14.2 Å². The topological polar surface area (TPSA) is 39.7 Å². The Bertz CT molecular complexity index is 327. The van der Waals surface area contributed by atoms with Crippen LogP contribution in [0.4, 0.5) is 0 Å². The summed E-state index contributed by atoms with van der Waals surface area (Å²) in [6, 6.07) is 8.35. The van der Waals surface area contributed by atoms with Crippen LogP contribution in [0.15, 0.2) is 24.3 Å². The Morgan fingerprint density at radius 2 is 1.84 bits per heavy atom. The highest BCUT2D eigenvalue weighted by molar-refractivity contribution is 5.29. The predicted octanol–water partition coefficient (Wildman–Crippen LogP) is 2.40. The van der Waals surface area contributed by atoms with Crippen LogP contribution in [0.3, 0.4) is 0 Å². The summed E-state index contributed by atoms with van der Waals surface area (Å²) in [6.07, 6.45) is 1.02. The Balaban J connectivity index is 2.46. The van der Waals surface area contributed by atoms with Crippen molar-refractivity contribution >= 4 is 0 Å². The highest BCUT2D eigenvalue weighted by Crippen LogP contribution is 2.18. The lowest BCUT2D eigenvalue weighted by Crippen LogP contribution is -2.22. The fourth-order valence-corrected chi connectivity index (χ4v) is 1.71. The molecule has 1 aromatic rings. The lowest BCUT2D eigenvalue weighted by molar-refractivity contribution is 0.0596. The van der Waals surface area contributed by atoms with Crippen LogP contribution in [0.25, 0.3) is 0 Å². The quantitative estimate of drug-likeness (QED) is 0.661. The molecule has 1 rings (SSSR count). The molecule has 0 saturated heterocycles. The Morgan fingerprint density at radius 1 is 1.11 bits per heavy atom. The number of hydrogen-bond donors (Lipinski definition) is 1. The maximum atomic E-state index is 5.57. The lowest BCUT2D eigenvalue weighted by Gasteiger charge is -2.17. The third-order valence-corrected chi connectivity index (χ3v) is 2.82. The first kappa shape index (κ1) is 16.0. The highest BCUT2D eigenvalue weighted by atomic mass is 16.5. The molecule has 0 radical (unpaired) electrons. The maximum absolute atomic E-state index is 5.57. The van der Waals surface area contributed by atoms with Gasteiger partial charge in [0.15, 0.2) is 0 Å². The van der Waals surface area contributed by atoms with Crippen LogP contribution < -0.4 is 10.1 Å². The first-order valence-corrected chi connectivity index (χ1v) is 6.78. The van der Waals surface area contributed by atoms with Gasteiger partial charge in [0.25, 0.3) is 0 Å². The van der Waals surface area contributed by atoms with Crippen molar-refractivity contribution in [2.24, 2.45) is 0 Å². The first-order valence-electron chi connectivity index (χ1n) is 6.78. The van der Waals surface area contributed by atoms with Gasteiger partial charge in [0.2, 0.25) is 0 Å². The van der Waals surface area contributed by atoms with Crippen molar-refractivity contribution in [2.45, 2.75) is 19.4 Å². The monoisotopic (exact) mass is 267 g/mol. The molecule has 0 bridgehead atoms. The van der Waals surface area contributed by atoms with Crippen LogP contribution in [-0.4, -0.2) is 40.6 Å². The van der Waals surface area contributed by atoms with Gasteiger partial charge in [0, 0.05) is 7.11 Å². The van der Waals surface area contributed by atoms with E-state index < -0.39 is 0 Å². The van der Waals surface area contributed by atoms with Gasteiger partial charge in [-0.1, -0.05) is 19.1 Å². The van der Waals surface area contributed by atoms with E-state index in [1.807, 2.05) is 19.2 Å². The van der Waals surface area contributed by atoms with Crippen molar-refractivity contribution in [3.63, 3.8) is 0 Å². The van der Waals surface area contributed by atoms with Gasteiger partial charge in [-0.25, -0.2) is 0 Å². The summed E-state index contributed by atoms with van der Waals surface area (Å²) in [7, 11) is 3.61. The molecule has 108 valence electrons. The summed E-state index contributed by atoms with van der Waals surface area (Å²) in [5.74, 6) is 0.917. The fraction of sp³-hybridized carbons (Fsp3) is 0.600. The molecule has 0 spiro atoms. The molecule has 0 aliphatic rings. The van der Waals surface area contributed by atoms with Gasteiger partial charge in [-0.05, 0) is 31.2 Å². The van der Waals surface area contributed by atoms with E-state index in [0.29, 0.717) is 19.8 Å². The number of rotatable bonds is 10. The summed E-state index contributed by atoms with van der Waals surface area (Å²) >= 11 is 0. The SMILES string of the molecule is CCCOc1ccc(C(COCCOC)NC)cc1. The summed E-state index contributed by atoms with van der Waals surface area (Å²) in [4.78, 5) is 0.